The van der Waals surface area contributed by atoms with E-state index in [0.717, 1.165) is 12.3 Å². The lowest BCUT2D eigenvalue weighted by Crippen LogP contribution is -2.45. The number of aliphatic hydroxyl groups is 1. The van der Waals surface area contributed by atoms with Crippen LogP contribution in [0.2, 0.25) is 0 Å². The minimum absolute atomic E-state index is 0.406. The first-order chi connectivity index (χ1) is 7.00. The molecule has 0 radical (unpaired) electrons. The largest absolute Gasteiger partial charge is 0.390 e. The van der Waals surface area contributed by atoms with Crippen LogP contribution < -0.4 is 0 Å². The number of hydrogen-bond donors (Lipinski definition) is 1. The van der Waals surface area contributed by atoms with Crippen molar-refractivity contribution < 1.29 is 5.11 Å². The van der Waals surface area contributed by atoms with Crippen LogP contribution in [0.3, 0.4) is 0 Å². The molecule has 1 N–H and O–H groups in total. The van der Waals surface area contributed by atoms with Crippen molar-refractivity contribution in [2.75, 3.05) is 0 Å². The van der Waals surface area contributed by atoms with E-state index in [2.05, 4.69) is 13.5 Å². The second-order valence-corrected chi connectivity index (χ2v) is 5.97. The summed E-state index contributed by atoms with van der Waals surface area (Å²) < 4.78 is 0. The second-order valence-electron chi connectivity index (χ2n) is 5.97. The molecule has 0 unspecified atom stereocenters. The fourth-order valence-electron chi connectivity index (χ4n) is 3.70. The Kier molecular flexibility index (Phi) is 2.94. The molecule has 86 valence electrons. The molecule has 0 aromatic heterocycles. The van der Waals surface area contributed by atoms with Crippen LogP contribution in [0.1, 0.15) is 52.4 Å². The average molecular weight is 208 g/mol. The molecule has 15 heavy (non-hydrogen) atoms. The summed E-state index contributed by atoms with van der Waals surface area (Å²) >= 11 is 0. The molecule has 2 rings (SSSR count). The van der Waals surface area contributed by atoms with Gasteiger partial charge in [0.2, 0.25) is 0 Å². The fraction of sp³-hybridized carbons (Fsp3) is 0.857. The molecule has 1 heteroatoms. The molecule has 2 aliphatic rings. The fourth-order valence-corrected chi connectivity index (χ4v) is 3.70. The maximum atomic E-state index is 10.4. The number of allylic oxidation sites excluding steroid dienone is 1. The van der Waals surface area contributed by atoms with Crippen molar-refractivity contribution in [3.8, 4) is 0 Å². The minimum Gasteiger partial charge on any atom is -0.390 e. The topological polar surface area (TPSA) is 20.2 Å². The zero-order valence-corrected chi connectivity index (χ0v) is 10.1. The molecular formula is C14H24O. The van der Waals surface area contributed by atoms with Gasteiger partial charge in [0.1, 0.15) is 0 Å². The predicted molar refractivity (Wildman–Crippen MR) is 63.6 cm³/mol. The SMILES string of the molecule is C=C(C)[C@H]1CC[C@H]2CCC[C@](C)(O)[C@@H]2C1. The predicted octanol–water partition coefficient (Wildman–Crippen LogP) is 3.53. The van der Waals surface area contributed by atoms with Gasteiger partial charge < -0.3 is 5.11 Å². The average Bonchev–Trinajstić information content (AvgIpc) is 2.17. The van der Waals surface area contributed by atoms with E-state index in [0.29, 0.717) is 11.8 Å². The zero-order valence-electron chi connectivity index (χ0n) is 10.1. The quantitative estimate of drug-likeness (QED) is 0.654. The van der Waals surface area contributed by atoms with Crippen molar-refractivity contribution in [1.29, 1.82) is 0 Å². The highest BCUT2D eigenvalue weighted by Gasteiger charge is 2.43. The molecule has 0 aromatic rings. The Bertz CT molecular complexity index is 254. The van der Waals surface area contributed by atoms with Gasteiger partial charge in [0.15, 0.2) is 0 Å². The Morgan fingerprint density at radius 3 is 2.73 bits per heavy atom. The minimum atomic E-state index is -0.406. The third-order valence-electron chi connectivity index (χ3n) is 4.75. The van der Waals surface area contributed by atoms with Crippen LogP contribution in [0.4, 0.5) is 0 Å². The van der Waals surface area contributed by atoms with Crippen molar-refractivity contribution in [2.45, 2.75) is 58.0 Å². The van der Waals surface area contributed by atoms with E-state index >= 15 is 0 Å². The summed E-state index contributed by atoms with van der Waals surface area (Å²) in [5.74, 6) is 1.97. The smallest absolute Gasteiger partial charge is 0.0650 e. The van der Waals surface area contributed by atoms with Gasteiger partial charge in [0, 0.05) is 0 Å². The molecular weight excluding hydrogens is 184 g/mol. The first-order valence-corrected chi connectivity index (χ1v) is 6.38. The van der Waals surface area contributed by atoms with E-state index in [9.17, 15) is 5.11 Å². The van der Waals surface area contributed by atoms with Gasteiger partial charge in [-0.05, 0) is 63.7 Å². The van der Waals surface area contributed by atoms with E-state index in [4.69, 9.17) is 0 Å². The van der Waals surface area contributed by atoms with Crippen LogP contribution in [0.15, 0.2) is 12.2 Å². The molecule has 0 bridgehead atoms. The van der Waals surface area contributed by atoms with Gasteiger partial charge in [-0.15, -0.1) is 0 Å². The Hall–Kier alpha value is -0.300. The first-order valence-electron chi connectivity index (χ1n) is 6.38. The normalized spacial score (nSPS) is 45.9. The van der Waals surface area contributed by atoms with Crippen molar-refractivity contribution in [3.05, 3.63) is 12.2 Å². The van der Waals surface area contributed by atoms with E-state index < -0.39 is 5.60 Å². The second kappa shape index (κ2) is 3.93. The van der Waals surface area contributed by atoms with E-state index in [1.165, 1.54) is 37.7 Å². The van der Waals surface area contributed by atoms with E-state index in [-0.39, 0.29) is 0 Å². The molecule has 2 fully saturated rings. The first kappa shape index (κ1) is 11.2. The zero-order chi connectivity index (χ0) is 11.1. The molecule has 0 spiro atoms. The van der Waals surface area contributed by atoms with Gasteiger partial charge in [-0.3, -0.25) is 0 Å². The molecule has 4 atom stereocenters. The van der Waals surface area contributed by atoms with Crippen molar-refractivity contribution in [3.63, 3.8) is 0 Å². The molecule has 0 heterocycles. The Labute approximate surface area is 93.6 Å². The molecule has 2 aliphatic carbocycles. The summed E-state index contributed by atoms with van der Waals surface area (Å²) in [6.07, 6.45) is 7.32. The number of rotatable bonds is 1. The summed E-state index contributed by atoms with van der Waals surface area (Å²) in [5.41, 5.74) is 0.909. The monoisotopic (exact) mass is 208 g/mol. The molecule has 1 nitrogen and oxygen atoms in total. The van der Waals surface area contributed by atoms with Gasteiger partial charge in [-0.2, -0.15) is 0 Å². The van der Waals surface area contributed by atoms with Gasteiger partial charge in [0.25, 0.3) is 0 Å². The van der Waals surface area contributed by atoms with Gasteiger partial charge >= 0.3 is 0 Å². The van der Waals surface area contributed by atoms with Gasteiger partial charge in [-0.1, -0.05) is 18.6 Å². The standard InChI is InChI=1S/C14H24O/c1-10(2)12-7-6-11-5-4-8-14(3,15)13(11)9-12/h11-13,15H,1,4-9H2,2-3H3/t11-,12+,13-,14+/m1/s1. The summed E-state index contributed by atoms with van der Waals surface area (Å²) in [5, 5.41) is 10.4. The lowest BCUT2D eigenvalue weighted by molar-refractivity contribution is -0.0805. The van der Waals surface area contributed by atoms with Gasteiger partial charge in [-0.25, -0.2) is 0 Å². The van der Waals surface area contributed by atoms with Crippen LogP contribution in [-0.2, 0) is 0 Å². The summed E-state index contributed by atoms with van der Waals surface area (Å²) in [7, 11) is 0. The summed E-state index contributed by atoms with van der Waals surface area (Å²) in [6.45, 7) is 8.27. The Morgan fingerprint density at radius 2 is 2.07 bits per heavy atom. The maximum Gasteiger partial charge on any atom is 0.0650 e. The van der Waals surface area contributed by atoms with Crippen LogP contribution in [-0.4, -0.2) is 10.7 Å². The lowest BCUT2D eigenvalue weighted by Gasteiger charge is -2.47. The van der Waals surface area contributed by atoms with E-state index in [1.807, 2.05) is 6.92 Å². The highest BCUT2D eigenvalue weighted by Crippen LogP contribution is 2.48. The third-order valence-corrected chi connectivity index (χ3v) is 4.75. The molecule has 2 saturated carbocycles. The summed E-state index contributed by atoms with van der Waals surface area (Å²) in [6, 6.07) is 0. The number of fused-ring (bicyclic) bond motifs is 1. The molecule has 0 saturated heterocycles. The van der Waals surface area contributed by atoms with Crippen molar-refractivity contribution >= 4 is 0 Å². The van der Waals surface area contributed by atoms with Crippen LogP contribution in [0.25, 0.3) is 0 Å². The van der Waals surface area contributed by atoms with Crippen molar-refractivity contribution in [1.82, 2.24) is 0 Å². The highest BCUT2D eigenvalue weighted by molar-refractivity contribution is 5.03. The Balaban J connectivity index is 2.10. The Morgan fingerprint density at radius 1 is 1.33 bits per heavy atom. The summed E-state index contributed by atoms with van der Waals surface area (Å²) in [4.78, 5) is 0. The molecule has 0 aliphatic heterocycles. The van der Waals surface area contributed by atoms with Crippen molar-refractivity contribution in [2.24, 2.45) is 17.8 Å². The number of hydrogen-bond acceptors (Lipinski definition) is 1. The molecule has 0 aromatic carbocycles. The maximum absolute atomic E-state index is 10.4. The van der Waals surface area contributed by atoms with Crippen LogP contribution in [0, 0.1) is 17.8 Å². The molecule has 0 amide bonds. The third kappa shape index (κ3) is 2.13. The highest BCUT2D eigenvalue weighted by atomic mass is 16.3. The van der Waals surface area contributed by atoms with Crippen LogP contribution in [0.5, 0.6) is 0 Å². The van der Waals surface area contributed by atoms with Gasteiger partial charge in [0.05, 0.1) is 5.60 Å². The lowest BCUT2D eigenvalue weighted by atomic mass is 9.60. The van der Waals surface area contributed by atoms with E-state index in [1.54, 1.807) is 0 Å². The van der Waals surface area contributed by atoms with Crippen LogP contribution >= 0.6 is 0 Å².